The van der Waals surface area contributed by atoms with Crippen molar-refractivity contribution >= 4 is 17.7 Å². The van der Waals surface area contributed by atoms with Crippen molar-refractivity contribution in [3.05, 3.63) is 11.4 Å². The summed E-state index contributed by atoms with van der Waals surface area (Å²) < 4.78 is 12.7. The molecule has 0 amide bonds. The standard InChI is InChI=1S/C7H9FO2S/c1-4-2-5(3-11-4)6(8)7(9)10/h4H,2-3H2,1H3,(H,9,10). The fraction of sp³-hybridized carbons (Fsp3) is 0.571. The number of carboxylic acids is 1. The van der Waals surface area contributed by atoms with Gasteiger partial charge in [0.05, 0.1) is 0 Å². The fourth-order valence-electron chi connectivity index (χ4n) is 1.01. The SMILES string of the molecule is CC1CC(=C(F)C(=O)O)CS1. The highest BCUT2D eigenvalue weighted by molar-refractivity contribution is 8.00. The van der Waals surface area contributed by atoms with E-state index in [9.17, 15) is 9.18 Å². The second kappa shape index (κ2) is 3.26. The van der Waals surface area contributed by atoms with Crippen molar-refractivity contribution in [3.63, 3.8) is 0 Å². The fourth-order valence-corrected chi connectivity index (χ4v) is 2.06. The van der Waals surface area contributed by atoms with Gasteiger partial charge in [-0.25, -0.2) is 4.79 Å². The van der Waals surface area contributed by atoms with Crippen molar-refractivity contribution < 1.29 is 14.3 Å². The van der Waals surface area contributed by atoms with Crippen LogP contribution in [0.5, 0.6) is 0 Å². The van der Waals surface area contributed by atoms with Gasteiger partial charge in [-0.2, -0.15) is 16.2 Å². The summed E-state index contributed by atoms with van der Waals surface area (Å²) in [5.74, 6) is -1.86. The molecule has 0 radical (unpaired) electrons. The summed E-state index contributed by atoms with van der Waals surface area (Å²) in [6.45, 7) is 1.97. The van der Waals surface area contributed by atoms with Crippen LogP contribution in [0.15, 0.2) is 11.4 Å². The summed E-state index contributed by atoms with van der Waals surface area (Å²) in [4.78, 5) is 10.2. The number of thioether (sulfide) groups is 1. The van der Waals surface area contributed by atoms with Crippen molar-refractivity contribution in [3.8, 4) is 0 Å². The third-order valence-corrected chi connectivity index (χ3v) is 2.82. The van der Waals surface area contributed by atoms with Crippen LogP contribution in [0, 0.1) is 0 Å². The average molecular weight is 176 g/mol. The molecule has 11 heavy (non-hydrogen) atoms. The van der Waals surface area contributed by atoms with E-state index in [0.717, 1.165) is 0 Å². The monoisotopic (exact) mass is 176 g/mol. The van der Waals surface area contributed by atoms with Gasteiger partial charge in [0.2, 0.25) is 5.83 Å². The normalized spacial score (nSPS) is 28.7. The largest absolute Gasteiger partial charge is 0.476 e. The number of carboxylic acid groups (broad SMARTS) is 1. The molecule has 1 heterocycles. The molecule has 62 valence electrons. The Balaban J connectivity index is 2.73. The minimum absolute atomic E-state index is 0.357. The summed E-state index contributed by atoms with van der Waals surface area (Å²) in [5.41, 5.74) is 0.440. The summed E-state index contributed by atoms with van der Waals surface area (Å²) >= 11 is 1.59. The zero-order chi connectivity index (χ0) is 8.43. The Morgan fingerprint density at radius 2 is 2.45 bits per heavy atom. The number of carbonyl (C=O) groups is 1. The Morgan fingerprint density at radius 3 is 2.82 bits per heavy atom. The third kappa shape index (κ3) is 1.96. The molecular weight excluding hydrogens is 167 g/mol. The van der Waals surface area contributed by atoms with Gasteiger partial charge in [0.25, 0.3) is 0 Å². The molecule has 1 aliphatic rings. The van der Waals surface area contributed by atoms with E-state index in [1.54, 1.807) is 11.8 Å². The third-order valence-electron chi connectivity index (χ3n) is 1.57. The number of halogens is 1. The predicted octanol–water partition coefficient (Wildman–Crippen LogP) is 1.82. The first-order chi connectivity index (χ1) is 5.11. The molecule has 0 spiro atoms. The van der Waals surface area contributed by atoms with Gasteiger partial charge in [-0.05, 0) is 12.0 Å². The second-order valence-corrected chi connectivity index (χ2v) is 3.98. The van der Waals surface area contributed by atoms with Crippen LogP contribution in [0.3, 0.4) is 0 Å². The van der Waals surface area contributed by atoms with Gasteiger partial charge in [0.15, 0.2) is 0 Å². The van der Waals surface area contributed by atoms with Crippen molar-refractivity contribution in [2.24, 2.45) is 0 Å². The van der Waals surface area contributed by atoms with Gasteiger partial charge in [-0.1, -0.05) is 6.92 Å². The molecule has 1 N–H and O–H groups in total. The van der Waals surface area contributed by atoms with Crippen molar-refractivity contribution in [1.82, 2.24) is 0 Å². The molecule has 0 aromatic carbocycles. The smallest absolute Gasteiger partial charge is 0.364 e. The minimum Gasteiger partial charge on any atom is -0.476 e. The Morgan fingerprint density at radius 1 is 1.82 bits per heavy atom. The van der Waals surface area contributed by atoms with Crippen LogP contribution in [0.1, 0.15) is 13.3 Å². The Bertz CT molecular complexity index is 212. The molecule has 1 saturated heterocycles. The van der Waals surface area contributed by atoms with E-state index in [1.165, 1.54) is 0 Å². The van der Waals surface area contributed by atoms with Crippen molar-refractivity contribution in [1.29, 1.82) is 0 Å². The lowest BCUT2D eigenvalue weighted by atomic mass is 10.1. The van der Waals surface area contributed by atoms with Gasteiger partial charge in [-0.3, -0.25) is 0 Å². The first-order valence-corrected chi connectivity index (χ1v) is 4.38. The van der Waals surface area contributed by atoms with Gasteiger partial charge in [-0.15, -0.1) is 0 Å². The van der Waals surface area contributed by atoms with Crippen LogP contribution in [0.25, 0.3) is 0 Å². The maximum Gasteiger partial charge on any atom is 0.364 e. The molecule has 2 nitrogen and oxygen atoms in total. The van der Waals surface area contributed by atoms with Gasteiger partial charge < -0.3 is 5.11 Å². The Kier molecular flexibility index (Phi) is 2.54. The van der Waals surface area contributed by atoms with E-state index in [1.807, 2.05) is 6.92 Å². The zero-order valence-electron chi connectivity index (χ0n) is 6.13. The first-order valence-electron chi connectivity index (χ1n) is 3.33. The van der Waals surface area contributed by atoms with E-state index in [4.69, 9.17) is 5.11 Å². The van der Waals surface area contributed by atoms with Gasteiger partial charge in [0.1, 0.15) is 0 Å². The molecule has 0 bridgehead atoms. The number of hydrogen-bond acceptors (Lipinski definition) is 2. The Hall–Kier alpha value is -0.510. The topological polar surface area (TPSA) is 37.3 Å². The lowest BCUT2D eigenvalue weighted by molar-refractivity contribution is -0.134. The molecule has 1 aliphatic heterocycles. The van der Waals surface area contributed by atoms with Crippen LogP contribution in [0.2, 0.25) is 0 Å². The van der Waals surface area contributed by atoms with Crippen LogP contribution in [-0.4, -0.2) is 22.1 Å². The Labute approximate surface area is 68.5 Å². The van der Waals surface area contributed by atoms with Gasteiger partial charge in [0, 0.05) is 11.0 Å². The highest BCUT2D eigenvalue weighted by Crippen LogP contribution is 2.32. The zero-order valence-corrected chi connectivity index (χ0v) is 6.95. The molecule has 1 fully saturated rings. The average Bonchev–Trinajstić information content (AvgIpc) is 2.34. The summed E-state index contributed by atoms with van der Waals surface area (Å²) in [6, 6.07) is 0. The summed E-state index contributed by atoms with van der Waals surface area (Å²) in [7, 11) is 0. The number of hydrogen-bond donors (Lipinski definition) is 1. The maximum atomic E-state index is 12.7. The van der Waals surface area contributed by atoms with E-state index in [2.05, 4.69) is 0 Å². The highest BCUT2D eigenvalue weighted by Gasteiger charge is 2.22. The van der Waals surface area contributed by atoms with Crippen molar-refractivity contribution in [2.75, 3.05) is 5.75 Å². The van der Waals surface area contributed by atoms with Crippen molar-refractivity contribution in [2.45, 2.75) is 18.6 Å². The molecule has 0 aromatic heterocycles. The quantitative estimate of drug-likeness (QED) is 0.619. The van der Waals surface area contributed by atoms with Crippen LogP contribution in [-0.2, 0) is 4.79 Å². The van der Waals surface area contributed by atoms with E-state index >= 15 is 0 Å². The molecule has 1 rings (SSSR count). The van der Waals surface area contributed by atoms with Crippen LogP contribution < -0.4 is 0 Å². The van der Waals surface area contributed by atoms with E-state index in [0.29, 0.717) is 23.0 Å². The number of aliphatic carboxylic acids is 1. The predicted molar refractivity (Wildman–Crippen MR) is 42.3 cm³/mol. The van der Waals surface area contributed by atoms with E-state index < -0.39 is 11.8 Å². The lowest BCUT2D eigenvalue weighted by Gasteiger charge is -1.95. The van der Waals surface area contributed by atoms with Gasteiger partial charge >= 0.3 is 5.97 Å². The summed E-state index contributed by atoms with van der Waals surface area (Å²) in [5, 5.41) is 8.64. The second-order valence-electron chi connectivity index (χ2n) is 2.55. The molecule has 0 aromatic rings. The molecule has 0 aliphatic carbocycles. The first kappa shape index (κ1) is 8.59. The lowest BCUT2D eigenvalue weighted by Crippen LogP contribution is -1.99. The van der Waals surface area contributed by atoms with Crippen LogP contribution >= 0.6 is 11.8 Å². The molecule has 0 saturated carbocycles. The highest BCUT2D eigenvalue weighted by atomic mass is 32.2. The number of rotatable bonds is 1. The minimum atomic E-state index is -1.44. The maximum absolute atomic E-state index is 12.7. The summed E-state index contributed by atoms with van der Waals surface area (Å²) in [6.07, 6.45) is 0.572. The molecular formula is C7H9FO2S. The van der Waals surface area contributed by atoms with E-state index in [-0.39, 0.29) is 0 Å². The molecule has 1 atom stereocenters. The molecule has 4 heteroatoms. The van der Waals surface area contributed by atoms with Crippen LogP contribution in [0.4, 0.5) is 4.39 Å². The molecule has 1 unspecified atom stereocenters.